The number of halogens is 1. The number of aliphatic hydroxyl groups is 1. The van der Waals surface area contributed by atoms with Crippen LogP contribution in [-0.2, 0) is 4.79 Å². The molecule has 3 nitrogen and oxygen atoms in total. The van der Waals surface area contributed by atoms with E-state index in [-0.39, 0.29) is 12.0 Å². The molecule has 0 aromatic carbocycles. The number of aliphatic hydroxyl groups excluding tert-OH is 1. The molecule has 1 saturated heterocycles. The number of likely N-dealkylation sites (tertiary alicyclic amines) is 1. The molecule has 0 bridgehead atoms. The molecule has 0 aromatic rings. The maximum absolute atomic E-state index is 11.3. The van der Waals surface area contributed by atoms with E-state index in [1.54, 1.807) is 11.8 Å². The number of rotatable bonds is 1. The Kier molecular flexibility index (Phi) is 3.35. The van der Waals surface area contributed by atoms with Crippen LogP contribution in [0.4, 0.5) is 0 Å². The van der Waals surface area contributed by atoms with Gasteiger partial charge in [-0.25, -0.2) is 0 Å². The molecule has 70 valence electrons. The number of piperidine rings is 1. The fraction of sp³-hybridized carbons (Fsp3) is 0.875. The van der Waals surface area contributed by atoms with E-state index in [4.69, 9.17) is 11.6 Å². The third kappa shape index (κ3) is 2.35. The second kappa shape index (κ2) is 4.10. The lowest BCUT2D eigenvalue weighted by Crippen LogP contribution is -2.44. The van der Waals surface area contributed by atoms with Gasteiger partial charge in [0.05, 0.1) is 6.10 Å². The van der Waals surface area contributed by atoms with Crippen molar-refractivity contribution >= 4 is 17.5 Å². The molecule has 4 heteroatoms. The molecule has 1 rings (SSSR count). The van der Waals surface area contributed by atoms with Crippen LogP contribution >= 0.6 is 11.6 Å². The summed E-state index contributed by atoms with van der Waals surface area (Å²) in [5.41, 5.74) is 0. The molecule has 1 aliphatic rings. The van der Waals surface area contributed by atoms with Crippen LogP contribution in [0.25, 0.3) is 0 Å². The molecule has 2 unspecified atom stereocenters. The summed E-state index contributed by atoms with van der Waals surface area (Å²) in [7, 11) is 0. The molecule has 2 atom stereocenters. The molecule has 1 amide bonds. The maximum Gasteiger partial charge on any atom is 0.240 e. The molecule has 0 radical (unpaired) electrons. The van der Waals surface area contributed by atoms with Crippen molar-refractivity contribution in [3.63, 3.8) is 0 Å². The van der Waals surface area contributed by atoms with Gasteiger partial charge >= 0.3 is 0 Å². The van der Waals surface area contributed by atoms with E-state index < -0.39 is 5.38 Å². The first-order valence-electron chi connectivity index (χ1n) is 4.22. The fourth-order valence-corrected chi connectivity index (χ4v) is 1.54. The Labute approximate surface area is 77.3 Å². The summed E-state index contributed by atoms with van der Waals surface area (Å²) in [6.07, 6.45) is 1.30. The Hall–Kier alpha value is -0.280. The van der Waals surface area contributed by atoms with Crippen LogP contribution in [0, 0.1) is 0 Å². The average Bonchev–Trinajstić information content (AvgIpc) is 2.03. The van der Waals surface area contributed by atoms with Crippen LogP contribution < -0.4 is 0 Å². The monoisotopic (exact) mass is 191 g/mol. The third-order valence-electron chi connectivity index (χ3n) is 2.05. The Bertz CT molecular complexity index is 172. The molecule has 0 aliphatic carbocycles. The summed E-state index contributed by atoms with van der Waals surface area (Å²) in [6, 6.07) is 0. The summed E-state index contributed by atoms with van der Waals surface area (Å²) in [6.45, 7) is 2.83. The van der Waals surface area contributed by atoms with Crippen molar-refractivity contribution in [2.24, 2.45) is 0 Å². The van der Waals surface area contributed by atoms with Gasteiger partial charge in [-0.3, -0.25) is 4.79 Å². The fourth-order valence-electron chi connectivity index (χ4n) is 1.41. The van der Waals surface area contributed by atoms with Crippen LogP contribution in [0.3, 0.4) is 0 Å². The van der Waals surface area contributed by atoms with E-state index >= 15 is 0 Å². The first-order valence-corrected chi connectivity index (χ1v) is 4.66. The number of amides is 1. The summed E-state index contributed by atoms with van der Waals surface area (Å²) in [5, 5.41) is 8.80. The SMILES string of the molecule is CC(Cl)C(=O)N1CCCC(O)C1. The highest BCUT2D eigenvalue weighted by atomic mass is 35.5. The zero-order valence-corrected chi connectivity index (χ0v) is 7.92. The summed E-state index contributed by atoms with van der Waals surface area (Å²) in [4.78, 5) is 13.0. The first-order chi connectivity index (χ1) is 5.61. The second-order valence-electron chi connectivity index (χ2n) is 3.20. The second-order valence-corrected chi connectivity index (χ2v) is 3.85. The highest BCUT2D eigenvalue weighted by molar-refractivity contribution is 6.30. The van der Waals surface area contributed by atoms with Gasteiger partial charge in [0.25, 0.3) is 0 Å². The lowest BCUT2D eigenvalue weighted by molar-refractivity contribution is -0.133. The minimum absolute atomic E-state index is 0.0737. The third-order valence-corrected chi connectivity index (χ3v) is 2.24. The van der Waals surface area contributed by atoms with Crippen molar-refractivity contribution in [1.29, 1.82) is 0 Å². The van der Waals surface area contributed by atoms with Crippen LogP contribution in [-0.4, -0.2) is 40.5 Å². The highest BCUT2D eigenvalue weighted by Gasteiger charge is 2.24. The Balaban J connectivity index is 2.46. The molecule has 12 heavy (non-hydrogen) atoms. The number of carbonyl (C=O) groups excluding carboxylic acids is 1. The van der Waals surface area contributed by atoms with Gasteiger partial charge in [0.15, 0.2) is 0 Å². The zero-order chi connectivity index (χ0) is 9.14. The van der Waals surface area contributed by atoms with Gasteiger partial charge in [-0.15, -0.1) is 11.6 Å². The number of β-amino-alcohol motifs (C(OH)–C–C–N with tert-alkyl or cyclic N) is 1. The molecule has 1 fully saturated rings. The molecule has 1 aliphatic heterocycles. The van der Waals surface area contributed by atoms with Gasteiger partial charge < -0.3 is 10.0 Å². The van der Waals surface area contributed by atoms with Crippen molar-refractivity contribution in [3.8, 4) is 0 Å². The molecular formula is C8H14ClNO2. The van der Waals surface area contributed by atoms with Gasteiger partial charge in [0.1, 0.15) is 5.38 Å². The van der Waals surface area contributed by atoms with Crippen molar-refractivity contribution < 1.29 is 9.90 Å². The lowest BCUT2D eigenvalue weighted by atomic mass is 10.1. The van der Waals surface area contributed by atoms with E-state index in [0.717, 1.165) is 19.4 Å². The maximum atomic E-state index is 11.3. The number of nitrogens with zero attached hydrogens (tertiary/aromatic N) is 1. The summed E-state index contributed by atoms with van der Waals surface area (Å²) in [5.74, 6) is -0.0737. The first kappa shape index (κ1) is 9.81. The lowest BCUT2D eigenvalue weighted by Gasteiger charge is -2.30. The predicted molar refractivity (Wildman–Crippen MR) is 47.1 cm³/mol. The van der Waals surface area contributed by atoms with Gasteiger partial charge in [-0.05, 0) is 19.8 Å². The van der Waals surface area contributed by atoms with Gasteiger partial charge in [-0.1, -0.05) is 0 Å². The molecule has 0 aromatic heterocycles. The summed E-state index contributed by atoms with van der Waals surface area (Å²) < 4.78 is 0. The smallest absolute Gasteiger partial charge is 0.240 e. The average molecular weight is 192 g/mol. The minimum atomic E-state index is -0.477. The Morgan fingerprint density at radius 1 is 1.75 bits per heavy atom. The minimum Gasteiger partial charge on any atom is -0.391 e. The van der Waals surface area contributed by atoms with Crippen LogP contribution in [0.1, 0.15) is 19.8 Å². The van der Waals surface area contributed by atoms with Crippen molar-refractivity contribution in [1.82, 2.24) is 4.90 Å². The van der Waals surface area contributed by atoms with Crippen LogP contribution in [0.2, 0.25) is 0 Å². The zero-order valence-electron chi connectivity index (χ0n) is 7.16. The number of hydrogen-bond donors (Lipinski definition) is 1. The highest BCUT2D eigenvalue weighted by Crippen LogP contribution is 2.12. The molecular weight excluding hydrogens is 178 g/mol. The number of alkyl halides is 1. The van der Waals surface area contributed by atoms with Crippen molar-refractivity contribution in [2.45, 2.75) is 31.2 Å². The van der Waals surface area contributed by atoms with Gasteiger partial charge in [0.2, 0.25) is 5.91 Å². The quantitative estimate of drug-likeness (QED) is 0.617. The van der Waals surface area contributed by atoms with Crippen molar-refractivity contribution in [3.05, 3.63) is 0 Å². The topological polar surface area (TPSA) is 40.5 Å². The van der Waals surface area contributed by atoms with E-state index in [1.807, 2.05) is 0 Å². The molecule has 0 spiro atoms. The molecule has 1 heterocycles. The predicted octanol–water partition coefficient (Wildman–Crippen LogP) is 0.597. The van der Waals surface area contributed by atoms with Gasteiger partial charge in [0, 0.05) is 13.1 Å². The molecule has 1 N–H and O–H groups in total. The van der Waals surface area contributed by atoms with Gasteiger partial charge in [-0.2, -0.15) is 0 Å². The standard InChI is InChI=1S/C8H14ClNO2/c1-6(9)8(12)10-4-2-3-7(11)5-10/h6-7,11H,2-5H2,1H3. The van der Waals surface area contributed by atoms with E-state index in [0.29, 0.717) is 6.54 Å². The van der Waals surface area contributed by atoms with E-state index in [9.17, 15) is 9.90 Å². The molecule has 0 saturated carbocycles. The van der Waals surface area contributed by atoms with Crippen molar-refractivity contribution in [2.75, 3.05) is 13.1 Å². The van der Waals surface area contributed by atoms with E-state index in [1.165, 1.54) is 0 Å². The number of carbonyl (C=O) groups is 1. The number of hydrogen-bond acceptors (Lipinski definition) is 2. The van der Waals surface area contributed by atoms with Crippen LogP contribution in [0.5, 0.6) is 0 Å². The van der Waals surface area contributed by atoms with Crippen LogP contribution in [0.15, 0.2) is 0 Å². The summed E-state index contributed by atoms with van der Waals surface area (Å²) >= 11 is 5.64. The normalized spacial score (nSPS) is 26.9. The Morgan fingerprint density at radius 3 is 2.92 bits per heavy atom. The van der Waals surface area contributed by atoms with E-state index in [2.05, 4.69) is 0 Å². The largest absolute Gasteiger partial charge is 0.391 e. The Morgan fingerprint density at radius 2 is 2.42 bits per heavy atom.